The first-order valence-electron chi connectivity index (χ1n) is 18.6. The van der Waals surface area contributed by atoms with Crippen LogP contribution in [0.5, 0.6) is 23.0 Å². The van der Waals surface area contributed by atoms with Crippen molar-refractivity contribution in [2.45, 2.75) is 5.41 Å². The van der Waals surface area contributed by atoms with E-state index in [1.54, 1.807) is 48.5 Å². The monoisotopic (exact) mass is 780 g/mol. The molecule has 0 aromatic heterocycles. The molecule has 10 rings (SSSR count). The molecule has 0 amide bonds. The van der Waals surface area contributed by atoms with Crippen LogP contribution in [-0.2, 0) is 14.5 Å². The van der Waals surface area contributed by atoms with Gasteiger partial charge >= 0.3 is 15.2 Å². The van der Waals surface area contributed by atoms with Gasteiger partial charge in [-0.1, -0.05) is 133 Å². The lowest BCUT2D eigenvalue weighted by atomic mass is 9.70. The zero-order chi connectivity index (χ0) is 38.5. The van der Waals surface area contributed by atoms with Crippen LogP contribution in [0.3, 0.4) is 0 Å². The SMILES string of the molecule is O=P(Oc1ccccc1)(Oc1ccccc1)c1ccc2c(c1)C1(c3ccccc3-c3ccccc31)c1cc(P(=O)(Oc3ccccc3)Oc3ccccc3)ccc1-2. The van der Waals surface area contributed by atoms with Crippen LogP contribution < -0.4 is 28.7 Å². The summed E-state index contributed by atoms with van der Waals surface area (Å²) in [5, 5.41) is 0.794. The molecule has 1 spiro atoms. The lowest BCUT2D eigenvalue weighted by Gasteiger charge is -2.31. The Kier molecular flexibility index (Phi) is 8.48. The largest absolute Gasteiger partial charge is 0.462 e. The Morgan fingerprint density at radius 3 is 0.912 bits per heavy atom. The molecule has 0 aliphatic heterocycles. The first kappa shape index (κ1) is 34.9. The number of benzene rings is 8. The van der Waals surface area contributed by atoms with E-state index >= 15 is 9.13 Å². The molecular formula is C49H34O6P2. The summed E-state index contributed by atoms with van der Waals surface area (Å²) in [6.45, 7) is 0. The topological polar surface area (TPSA) is 71.1 Å². The molecule has 0 atom stereocenters. The summed E-state index contributed by atoms with van der Waals surface area (Å²) in [4.78, 5) is 0. The number of hydrogen-bond donors (Lipinski definition) is 0. The Labute approximate surface area is 331 Å². The predicted molar refractivity (Wildman–Crippen MR) is 226 cm³/mol. The average molecular weight is 781 g/mol. The zero-order valence-corrected chi connectivity index (χ0v) is 32.3. The number of para-hydroxylation sites is 4. The van der Waals surface area contributed by atoms with Crippen LogP contribution in [0.1, 0.15) is 22.3 Å². The number of rotatable bonds is 10. The van der Waals surface area contributed by atoms with Gasteiger partial charge in [-0.15, -0.1) is 0 Å². The van der Waals surface area contributed by atoms with Gasteiger partial charge in [0.25, 0.3) is 0 Å². The molecule has 0 unspecified atom stereocenters. The Morgan fingerprint density at radius 2 is 0.579 bits per heavy atom. The first-order valence-corrected chi connectivity index (χ1v) is 21.7. The predicted octanol–water partition coefficient (Wildman–Crippen LogP) is 12.0. The minimum Gasteiger partial charge on any atom is -0.413 e. The van der Waals surface area contributed by atoms with E-state index in [9.17, 15) is 0 Å². The van der Waals surface area contributed by atoms with Gasteiger partial charge in [-0.3, -0.25) is 0 Å². The summed E-state index contributed by atoms with van der Waals surface area (Å²) in [6, 6.07) is 64.7. The Hall–Kier alpha value is -6.58. The van der Waals surface area contributed by atoms with Gasteiger partial charge in [0.2, 0.25) is 0 Å². The highest BCUT2D eigenvalue weighted by atomic mass is 31.2. The van der Waals surface area contributed by atoms with Gasteiger partial charge < -0.3 is 18.1 Å². The lowest BCUT2D eigenvalue weighted by molar-refractivity contribution is 0.398. The molecule has 0 saturated heterocycles. The molecule has 8 heteroatoms. The van der Waals surface area contributed by atoms with E-state index in [2.05, 4.69) is 24.3 Å². The molecule has 2 aliphatic rings. The summed E-state index contributed by atoms with van der Waals surface area (Å²) in [6.07, 6.45) is 0. The van der Waals surface area contributed by atoms with E-state index in [1.165, 1.54) is 0 Å². The molecule has 8 aromatic carbocycles. The van der Waals surface area contributed by atoms with Crippen molar-refractivity contribution in [1.82, 2.24) is 0 Å². The summed E-state index contributed by atoms with van der Waals surface area (Å²) >= 11 is 0. The Bertz CT molecular complexity index is 2580. The second-order valence-electron chi connectivity index (χ2n) is 13.9. The van der Waals surface area contributed by atoms with Crippen molar-refractivity contribution >= 4 is 25.8 Å². The van der Waals surface area contributed by atoms with Crippen molar-refractivity contribution in [3.05, 3.63) is 229 Å². The highest BCUT2D eigenvalue weighted by molar-refractivity contribution is 7.63. The van der Waals surface area contributed by atoms with Gasteiger partial charge in [0.1, 0.15) is 23.0 Å². The minimum atomic E-state index is -4.07. The molecule has 0 bridgehead atoms. The highest BCUT2D eigenvalue weighted by Gasteiger charge is 2.53. The van der Waals surface area contributed by atoms with Gasteiger partial charge in [0, 0.05) is 0 Å². The van der Waals surface area contributed by atoms with Crippen molar-refractivity contribution in [2.24, 2.45) is 0 Å². The summed E-state index contributed by atoms with van der Waals surface area (Å²) < 4.78 is 56.1. The second kappa shape index (κ2) is 13.9. The third-order valence-corrected chi connectivity index (χ3v) is 14.2. The maximum atomic E-state index is 15.3. The molecule has 276 valence electrons. The number of hydrogen-bond acceptors (Lipinski definition) is 6. The van der Waals surface area contributed by atoms with Gasteiger partial charge in [0.15, 0.2) is 0 Å². The van der Waals surface area contributed by atoms with Crippen molar-refractivity contribution in [2.75, 3.05) is 0 Å². The van der Waals surface area contributed by atoms with Gasteiger partial charge in [-0.25, -0.2) is 9.13 Å². The van der Waals surface area contributed by atoms with Gasteiger partial charge in [0.05, 0.1) is 16.0 Å². The normalized spacial score (nSPS) is 13.2. The molecule has 0 radical (unpaired) electrons. The fourth-order valence-electron chi connectivity index (χ4n) is 8.18. The van der Waals surface area contributed by atoms with E-state index in [4.69, 9.17) is 18.1 Å². The fraction of sp³-hybridized carbons (Fsp3) is 0.0204. The van der Waals surface area contributed by atoms with Crippen molar-refractivity contribution in [3.63, 3.8) is 0 Å². The van der Waals surface area contributed by atoms with Crippen LogP contribution in [0.15, 0.2) is 206 Å². The third kappa shape index (κ3) is 5.88. The number of fused-ring (bicyclic) bond motifs is 10. The zero-order valence-electron chi connectivity index (χ0n) is 30.5. The molecule has 6 nitrogen and oxygen atoms in total. The standard InChI is InChI=1S/C49H34O6P2/c50-56(52-35-17-5-1-6-18-35,53-36-19-7-2-8-20-36)39-29-31-43-44-32-30-40(57(51,54-37-21-9-3-10-22-37)55-38-23-11-4-12-24-38)34-48(44)49(47(43)33-39)45-27-15-13-25-41(45)42-26-14-16-28-46(42)49/h1-34H. The third-order valence-electron chi connectivity index (χ3n) is 10.6. The fourth-order valence-corrected chi connectivity index (χ4v) is 11.4. The quantitative estimate of drug-likeness (QED) is 0.129. The molecule has 2 aliphatic carbocycles. The van der Waals surface area contributed by atoms with E-state index in [-0.39, 0.29) is 0 Å². The van der Waals surface area contributed by atoms with E-state index in [0.717, 1.165) is 44.5 Å². The van der Waals surface area contributed by atoms with Crippen molar-refractivity contribution in [3.8, 4) is 45.3 Å². The van der Waals surface area contributed by atoms with Gasteiger partial charge in [-0.05, 0) is 117 Å². The van der Waals surface area contributed by atoms with Crippen LogP contribution in [0.4, 0.5) is 0 Å². The summed E-state index contributed by atoms with van der Waals surface area (Å²) in [5.74, 6) is 1.68. The molecule has 0 N–H and O–H groups in total. The lowest BCUT2D eigenvalue weighted by Crippen LogP contribution is -2.28. The van der Waals surface area contributed by atoms with Crippen LogP contribution in [0.25, 0.3) is 22.3 Å². The molecule has 0 fully saturated rings. The van der Waals surface area contributed by atoms with Crippen LogP contribution in [0.2, 0.25) is 0 Å². The molecule has 0 saturated carbocycles. The molecular weight excluding hydrogens is 746 g/mol. The Morgan fingerprint density at radius 1 is 0.298 bits per heavy atom. The maximum Gasteiger partial charge on any atom is 0.462 e. The highest BCUT2D eigenvalue weighted by Crippen LogP contribution is 2.64. The smallest absolute Gasteiger partial charge is 0.413 e. The summed E-state index contributed by atoms with van der Waals surface area (Å²) in [7, 11) is -8.13. The summed E-state index contributed by atoms with van der Waals surface area (Å²) in [5.41, 5.74) is 7.05. The minimum absolute atomic E-state index is 0.397. The average Bonchev–Trinajstić information content (AvgIpc) is 3.72. The van der Waals surface area contributed by atoms with E-state index < -0.39 is 20.6 Å². The molecule has 0 heterocycles. The van der Waals surface area contributed by atoms with Crippen LogP contribution in [-0.4, -0.2) is 0 Å². The molecule has 8 aromatic rings. The van der Waals surface area contributed by atoms with Crippen molar-refractivity contribution < 1.29 is 27.2 Å². The van der Waals surface area contributed by atoms with E-state index in [0.29, 0.717) is 33.6 Å². The maximum absolute atomic E-state index is 15.3. The second-order valence-corrected chi connectivity index (χ2v) is 17.7. The van der Waals surface area contributed by atoms with Gasteiger partial charge in [-0.2, -0.15) is 0 Å². The Balaban J connectivity index is 1.21. The molecule has 57 heavy (non-hydrogen) atoms. The van der Waals surface area contributed by atoms with E-state index in [1.807, 2.05) is 133 Å². The first-order chi connectivity index (χ1) is 27.9. The van der Waals surface area contributed by atoms with Crippen LogP contribution in [0, 0.1) is 0 Å². The van der Waals surface area contributed by atoms with Crippen LogP contribution >= 0.6 is 15.2 Å². The van der Waals surface area contributed by atoms with Crippen molar-refractivity contribution in [1.29, 1.82) is 0 Å².